The number of hydrogen-bond donors (Lipinski definition) is 0. The van der Waals surface area contributed by atoms with Gasteiger partial charge in [-0.15, -0.1) is 11.8 Å². The number of fused-ring (bicyclic) bond motifs is 1. The summed E-state index contributed by atoms with van der Waals surface area (Å²) in [5.41, 5.74) is 0.316. The van der Waals surface area contributed by atoms with Gasteiger partial charge in [0.2, 0.25) is 0 Å². The van der Waals surface area contributed by atoms with Crippen LogP contribution in [0.4, 0.5) is 4.39 Å². The second-order valence-electron chi connectivity index (χ2n) is 4.31. The third-order valence-corrected chi connectivity index (χ3v) is 3.90. The Labute approximate surface area is 119 Å². The van der Waals surface area contributed by atoms with Crippen LogP contribution in [0.2, 0.25) is 0 Å². The fourth-order valence-corrected chi connectivity index (χ4v) is 2.92. The maximum Gasteiger partial charge on any atom is 0.344 e. The Balaban J connectivity index is 2.40. The second kappa shape index (κ2) is 5.13. The minimum atomic E-state index is -0.517. The van der Waals surface area contributed by atoms with E-state index in [-0.39, 0.29) is 5.39 Å². The van der Waals surface area contributed by atoms with Crippen LogP contribution in [-0.2, 0) is 0 Å². The maximum absolute atomic E-state index is 13.3. The first kappa shape index (κ1) is 12.9. The Morgan fingerprint density at radius 3 is 2.50 bits per heavy atom. The van der Waals surface area contributed by atoms with Crippen LogP contribution in [0.3, 0.4) is 0 Å². The van der Waals surface area contributed by atoms with Gasteiger partial charge in [-0.1, -0.05) is 30.3 Å². The van der Waals surface area contributed by atoms with Gasteiger partial charge in [-0.25, -0.2) is 9.18 Å². The highest BCUT2D eigenvalue weighted by Gasteiger charge is 2.15. The zero-order chi connectivity index (χ0) is 14.1. The SMILES string of the molecule is CSc1c(-c2ccccc2)oc(=O)c2cc(F)ccc12. The summed E-state index contributed by atoms with van der Waals surface area (Å²) < 4.78 is 18.7. The number of benzene rings is 2. The minimum Gasteiger partial charge on any atom is -0.421 e. The Hall–Kier alpha value is -2.07. The number of thioether (sulfide) groups is 1. The molecule has 1 heterocycles. The molecule has 0 atom stereocenters. The van der Waals surface area contributed by atoms with E-state index >= 15 is 0 Å². The topological polar surface area (TPSA) is 30.2 Å². The smallest absolute Gasteiger partial charge is 0.344 e. The molecule has 2 nitrogen and oxygen atoms in total. The van der Waals surface area contributed by atoms with E-state index < -0.39 is 11.4 Å². The summed E-state index contributed by atoms with van der Waals surface area (Å²) in [6.45, 7) is 0. The Morgan fingerprint density at radius 1 is 1.05 bits per heavy atom. The van der Waals surface area contributed by atoms with Crippen molar-refractivity contribution in [3.8, 4) is 11.3 Å². The molecule has 0 spiro atoms. The van der Waals surface area contributed by atoms with Crippen molar-refractivity contribution in [1.29, 1.82) is 0 Å². The Morgan fingerprint density at radius 2 is 1.80 bits per heavy atom. The van der Waals surface area contributed by atoms with Gasteiger partial charge >= 0.3 is 5.63 Å². The first-order valence-electron chi connectivity index (χ1n) is 6.06. The molecule has 0 fully saturated rings. The summed E-state index contributed by atoms with van der Waals surface area (Å²) in [5, 5.41) is 0.989. The normalized spacial score (nSPS) is 10.9. The monoisotopic (exact) mass is 286 g/mol. The fraction of sp³-hybridized carbons (Fsp3) is 0.0625. The average molecular weight is 286 g/mol. The van der Waals surface area contributed by atoms with E-state index in [0.29, 0.717) is 11.1 Å². The molecule has 3 rings (SSSR count). The second-order valence-corrected chi connectivity index (χ2v) is 5.12. The fourth-order valence-electron chi connectivity index (χ4n) is 2.18. The van der Waals surface area contributed by atoms with Gasteiger partial charge in [-0.2, -0.15) is 0 Å². The molecule has 1 aromatic heterocycles. The molecule has 0 N–H and O–H groups in total. The van der Waals surface area contributed by atoms with Crippen molar-refractivity contribution in [2.45, 2.75) is 4.90 Å². The molecule has 0 aliphatic heterocycles. The van der Waals surface area contributed by atoms with Crippen molar-refractivity contribution in [1.82, 2.24) is 0 Å². The van der Waals surface area contributed by atoms with E-state index in [1.165, 1.54) is 23.9 Å². The molecule has 100 valence electrons. The van der Waals surface area contributed by atoms with Crippen LogP contribution in [0, 0.1) is 5.82 Å². The molecule has 0 aliphatic rings. The number of hydrogen-bond acceptors (Lipinski definition) is 3. The molecule has 0 amide bonds. The van der Waals surface area contributed by atoms with Crippen LogP contribution in [0.1, 0.15) is 0 Å². The van der Waals surface area contributed by atoms with Gasteiger partial charge in [0.25, 0.3) is 0 Å². The molecule has 3 aromatic rings. The van der Waals surface area contributed by atoms with Crippen LogP contribution in [-0.4, -0.2) is 6.26 Å². The van der Waals surface area contributed by atoms with Crippen LogP contribution < -0.4 is 5.63 Å². The first-order chi connectivity index (χ1) is 9.70. The highest BCUT2D eigenvalue weighted by Crippen LogP contribution is 2.34. The predicted octanol–water partition coefficient (Wildman–Crippen LogP) is 4.32. The maximum atomic E-state index is 13.3. The van der Waals surface area contributed by atoms with E-state index in [2.05, 4.69) is 0 Å². The van der Waals surface area contributed by atoms with Crippen LogP contribution in [0.25, 0.3) is 22.1 Å². The molecular weight excluding hydrogens is 275 g/mol. The molecule has 0 aliphatic carbocycles. The van der Waals surface area contributed by atoms with Crippen LogP contribution in [0.15, 0.2) is 62.6 Å². The van der Waals surface area contributed by atoms with Crippen LogP contribution in [0.5, 0.6) is 0 Å². The van der Waals surface area contributed by atoms with E-state index in [9.17, 15) is 9.18 Å². The van der Waals surface area contributed by atoms with Gasteiger partial charge in [-0.05, 0) is 24.5 Å². The molecule has 4 heteroatoms. The lowest BCUT2D eigenvalue weighted by Gasteiger charge is -2.09. The van der Waals surface area contributed by atoms with E-state index in [4.69, 9.17) is 4.42 Å². The first-order valence-corrected chi connectivity index (χ1v) is 7.29. The van der Waals surface area contributed by atoms with Crippen molar-refractivity contribution >= 4 is 22.5 Å². The summed E-state index contributed by atoms with van der Waals surface area (Å²) in [6.07, 6.45) is 1.91. The highest BCUT2D eigenvalue weighted by atomic mass is 32.2. The zero-order valence-electron chi connectivity index (χ0n) is 10.7. The molecular formula is C16H11FO2S. The highest BCUT2D eigenvalue weighted by molar-refractivity contribution is 7.99. The van der Waals surface area contributed by atoms with E-state index in [1.807, 2.05) is 36.6 Å². The van der Waals surface area contributed by atoms with Crippen molar-refractivity contribution < 1.29 is 8.81 Å². The van der Waals surface area contributed by atoms with E-state index in [1.54, 1.807) is 6.07 Å². The Kier molecular flexibility index (Phi) is 3.32. The molecule has 0 bridgehead atoms. The lowest BCUT2D eigenvalue weighted by atomic mass is 10.1. The molecule has 20 heavy (non-hydrogen) atoms. The van der Waals surface area contributed by atoms with Crippen LogP contribution >= 0.6 is 11.8 Å². The third-order valence-electron chi connectivity index (χ3n) is 3.09. The number of halogens is 1. The lowest BCUT2D eigenvalue weighted by molar-refractivity contribution is 0.524. The average Bonchev–Trinajstić information content (AvgIpc) is 2.48. The zero-order valence-corrected chi connectivity index (χ0v) is 11.5. The lowest BCUT2D eigenvalue weighted by Crippen LogP contribution is -2.02. The van der Waals surface area contributed by atoms with Crippen molar-refractivity contribution in [2.24, 2.45) is 0 Å². The van der Waals surface area contributed by atoms with Gasteiger partial charge in [0.15, 0.2) is 5.76 Å². The van der Waals surface area contributed by atoms with Crippen molar-refractivity contribution in [3.63, 3.8) is 0 Å². The quantitative estimate of drug-likeness (QED) is 0.657. The minimum absolute atomic E-state index is 0.272. The molecule has 0 saturated carbocycles. The van der Waals surface area contributed by atoms with Crippen molar-refractivity contribution in [2.75, 3.05) is 6.26 Å². The summed E-state index contributed by atoms with van der Waals surface area (Å²) in [7, 11) is 0. The summed E-state index contributed by atoms with van der Waals surface area (Å²) in [5.74, 6) is 0.0894. The Bertz CT molecular complexity index is 825. The summed E-state index contributed by atoms with van der Waals surface area (Å²) >= 11 is 1.48. The van der Waals surface area contributed by atoms with Crippen molar-refractivity contribution in [3.05, 3.63) is 64.8 Å². The predicted molar refractivity (Wildman–Crippen MR) is 79.7 cm³/mol. The van der Waals surface area contributed by atoms with Gasteiger partial charge in [-0.3, -0.25) is 0 Å². The summed E-state index contributed by atoms with van der Waals surface area (Å²) in [6, 6.07) is 13.6. The van der Waals surface area contributed by atoms with Gasteiger partial charge in [0.1, 0.15) is 5.82 Å². The van der Waals surface area contributed by atoms with Gasteiger partial charge in [0.05, 0.1) is 10.3 Å². The molecule has 0 radical (unpaired) electrons. The van der Waals surface area contributed by atoms with E-state index in [0.717, 1.165) is 10.5 Å². The largest absolute Gasteiger partial charge is 0.421 e. The number of rotatable bonds is 2. The standard InChI is InChI=1S/C16H11FO2S/c1-20-15-12-8-7-11(17)9-13(12)16(18)19-14(15)10-5-3-2-4-6-10/h2-9H,1H3. The molecule has 2 aromatic carbocycles. The summed E-state index contributed by atoms with van der Waals surface area (Å²) in [4.78, 5) is 12.9. The third kappa shape index (κ3) is 2.12. The molecule has 0 saturated heterocycles. The molecule has 0 unspecified atom stereocenters. The van der Waals surface area contributed by atoms with Gasteiger partial charge in [0, 0.05) is 10.9 Å². The van der Waals surface area contributed by atoms with Gasteiger partial charge < -0.3 is 4.42 Å².